The molecule has 0 atom stereocenters. The van der Waals surface area contributed by atoms with Gasteiger partial charge < -0.3 is 5.32 Å². The van der Waals surface area contributed by atoms with Crippen molar-refractivity contribution in [2.24, 2.45) is 0 Å². The van der Waals surface area contributed by atoms with Crippen LogP contribution in [0.2, 0.25) is 0 Å². The summed E-state index contributed by atoms with van der Waals surface area (Å²) >= 11 is 0. The molecule has 5 rings (SSSR count). The predicted molar refractivity (Wildman–Crippen MR) is 123 cm³/mol. The zero-order chi connectivity index (χ0) is 24.0. The number of nitrogens with one attached hydrogen (secondary N) is 1. The third-order valence-corrected chi connectivity index (χ3v) is 5.77. The van der Waals surface area contributed by atoms with Crippen molar-refractivity contribution in [2.75, 3.05) is 11.9 Å². The van der Waals surface area contributed by atoms with Crippen LogP contribution in [0, 0.1) is 13.8 Å². The first-order chi connectivity index (χ1) is 16.2. The number of fused-ring (bicyclic) bond motifs is 1. The summed E-state index contributed by atoms with van der Waals surface area (Å²) < 4.78 is 42.9. The van der Waals surface area contributed by atoms with Gasteiger partial charge in [-0.3, -0.25) is 4.79 Å². The van der Waals surface area contributed by atoms with Crippen LogP contribution in [0.4, 0.5) is 18.9 Å². The Labute approximate surface area is 193 Å². The molecule has 172 valence electrons. The predicted octanol–water partition coefficient (Wildman–Crippen LogP) is 4.96. The molecule has 0 saturated carbocycles. The number of benzene rings is 2. The number of aryl methyl sites for hydroxylation is 2. The molecule has 0 unspecified atom stereocenters. The Morgan fingerprint density at radius 1 is 1.00 bits per heavy atom. The molecule has 9 heteroatoms. The lowest BCUT2D eigenvalue weighted by Crippen LogP contribution is -2.27. The molecule has 0 spiro atoms. The number of rotatable bonds is 3. The average Bonchev–Trinajstić information content (AvgIpc) is 3.29. The van der Waals surface area contributed by atoms with Crippen molar-refractivity contribution in [2.45, 2.75) is 26.4 Å². The van der Waals surface area contributed by atoms with E-state index >= 15 is 0 Å². The van der Waals surface area contributed by atoms with Crippen LogP contribution in [0.5, 0.6) is 0 Å². The van der Waals surface area contributed by atoms with Crippen LogP contribution in [-0.2, 0) is 12.6 Å². The van der Waals surface area contributed by atoms with Gasteiger partial charge in [0, 0.05) is 29.4 Å². The minimum absolute atomic E-state index is 0.280. The zero-order valence-electron chi connectivity index (χ0n) is 18.4. The van der Waals surface area contributed by atoms with Crippen LogP contribution < -0.4 is 10.9 Å². The summed E-state index contributed by atoms with van der Waals surface area (Å²) in [7, 11) is 0. The molecule has 3 heterocycles. The fourth-order valence-corrected chi connectivity index (χ4v) is 4.37. The summed E-state index contributed by atoms with van der Waals surface area (Å²) in [5.74, 6) is 0. The van der Waals surface area contributed by atoms with E-state index in [0.717, 1.165) is 27.4 Å². The number of alkyl halides is 3. The molecule has 0 saturated heterocycles. The summed E-state index contributed by atoms with van der Waals surface area (Å²) in [6.45, 7) is 4.40. The first-order valence-electron chi connectivity index (χ1n) is 10.7. The topological polar surface area (TPSA) is 72.7 Å². The van der Waals surface area contributed by atoms with Gasteiger partial charge >= 0.3 is 6.18 Å². The number of halogens is 3. The fourth-order valence-electron chi connectivity index (χ4n) is 4.37. The largest absolute Gasteiger partial charge is 0.418 e. The van der Waals surface area contributed by atoms with Crippen LogP contribution >= 0.6 is 0 Å². The highest BCUT2D eigenvalue weighted by Crippen LogP contribution is 2.37. The van der Waals surface area contributed by atoms with E-state index in [1.165, 1.54) is 18.3 Å². The molecule has 4 aromatic rings. The van der Waals surface area contributed by atoms with Crippen LogP contribution in [-0.4, -0.2) is 26.5 Å². The van der Waals surface area contributed by atoms with Crippen molar-refractivity contribution < 1.29 is 13.2 Å². The standard InChI is InChI=1S/C25H20F3N5O/c1-14-10-15(2)12-17(11-14)22-18-7-9-29-23(18)24(34)33(32-22)21-13-16(20-4-3-8-30-31-20)5-6-19(21)25(26,27)28/h3-6,8,10-13,29H,7,9H2,1-2H3. The Hall–Kier alpha value is -4.01. The van der Waals surface area contributed by atoms with Crippen molar-refractivity contribution in [3.05, 3.63) is 87.3 Å². The highest BCUT2D eigenvalue weighted by molar-refractivity contribution is 5.73. The summed E-state index contributed by atoms with van der Waals surface area (Å²) in [5, 5.41) is 15.3. The summed E-state index contributed by atoms with van der Waals surface area (Å²) in [6.07, 6.45) is -2.65. The van der Waals surface area contributed by atoms with Gasteiger partial charge in [-0.2, -0.15) is 33.1 Å². The number of hydrogen-bond donors (Lipinski definition) is 1. The van der Waals surface area contributed by atoms with Gasteiger partial charge in [-0.15, -0.1) is 0 Å². The Bertz CT molecular complexity index is 1440. The van der Waals surface area contributed by atoms with Crippen LogP contribution in [0.3, 0.4) is 0 Å². The number of nitrogens with zero attached hydrogens (tertiary/aromatic N) is 4. The van der Waals surface area contributed by atoms with Crippen molar-refractivity contribution in [1.29, 1.82) is 0 Å². The minimum atomic E-state index is -4.69. The average molecular weight is 463 g/mol. The molecule has 6 nitrogen and oxygen atoms in total. The Kier molecular flexibility index (Phi) is 5.19. The van der Waals surface area contributed by atoms with Crippen LogP contribution in [0.1, 0.15) is 22.3 Å². The van der Waals surface area contributed by atoms with Gasteiger partial charge in [-0.25, -0.2) is 0 Å². The molecule has 1 N–H and O–H groups in total. The lowest BCUT2D eigenvalue weighted by atomic mass is 10.0. The first kappa shape index (κ1) is 21.8. The quantitative estimate of drug-likeness (QED) is 0.465. The van der Waals surface area contributed by atoms with E-state index in [2.05, 4.69) is 20.6 Å². The van der Waals surface area contributed by atoms with Gasteiger partial charge in [-0.05, 0) is 56.7 Å². The van der Waals surface area contributed by atoms with Gasteiger partial charge in [0.25, 0.3) is 5.56 Å². The Morgan fingerprint density at radius 3 is 2.44 bits per heavy atom. The molecule has 0 amide bonds. The molecule has 1 aliphatic rings. The fraction of sp³-hybridized carbons (Fsp3) is 0.200. The maximum atomic E-state index is 14.0. The third-order valence-electron chi connectivity index (χ3n) is 5.77. The lowest BCUT2D eigenvalue weighted by molar-refractivity contribution is -0.137. The van der Waals surface area contributed by atoms with Gasteiger partial charge in [0.15, 0.2) is 0 Å². The van der Waals surface area contributed by atoms with Crippen LogP contribution in [0.15, 0.2) is 59.5 Å². The van der Waals surface area contributed by atoms with Crippen molar-refractivity contribution in [3.63, 3.8) is 0 Å². The van der Waals surface area contributed by atoms with Gasteiger partial charge in [0.05, 0.1) is 22.6 Å². The molecule has 0 aliphatic carbocycles. The third kappa shape index (κ3) is 3.83. The second-order valence-electron chi connectivity index (χ2n) is 8.31. The number of anilines is 1. The maximum absolute atomic E-state index is 14.0. The second kappa shape index (κ2) is 8.09. The minimum Gasteiger partial charge on any atom is -0.380 e. The Morgan fingerprint density at radius 2 is 1.76 bits per heavy atom. The van der Waals surface area contributed by atoms with Crippen molar-refractivity contribution in [1.82, 2.24) is 20.0 Å². The molecular weight excluding hydrogens is 443 g/mol. The smallest absolute Gasteiger partial charge is 0.380 e. The molecular formula is C25H20F3N5O. The zero-order valence-corrected chi connectivity index (χ0v) is 18.4. The molecule has 0 bridgehead atoms. The van der Waals surface area contributed by atoms with Crippen LogP contribution in [0.25, 0.3) is 28.2 Å². The maximum Gasteiger partial charge on any atom is 0.418 e. The van der Waals surface area contributed by atoms with Gasteiger partial charge in [0.1, 0.15) is 5.69 Å². The van der Waals surface area contributed by atoms with Gasteiger partial charge in [0.2, 0.25) is 0 Å². The second-order valence-corrected chi connectivity index (χ2v) is 8.31. The lowest BCUT2D eigenvalue weighted by Gasteiger charge is -2.18. The SMILES string of the molecule is Cc1cc(C)cc(-c2nn(-c3cc(-c4cccnn4)ccc3C(F)(F)F)c(=O)c3c2CCN3)c1. The first-order valence-corrected chi connectivity index (χ1v) is 10.7. The van der Waals surface area contributed by atoms with E-state index in [1.807, 2.05) is 32.0 Å². The van der Waals surface area contributed by atoms with Crippen molar-refractivity contribution >= 4 is 5.69 Å². The summed E-state index contributed by atoms with van der Waals surface area (Å²) in [4.78, 5) is 13.3. The van der Waals surface area contributed by atoms with E-state index in [4.69, 9.17) is 0 Å². The highest BCUT2D eigenvalue weighted by atomic mass is 19.4. The van der Waals surface area contributed by atoms with E-state index in [-0.39, 0.29) is 11.4 Å². The molecule has 34 heavy (non-hydrogen) atoms. The van der Waals surface area contributed by atoms with Crippen molar-refractivity contribution in [3.8, 4) is 28.2 Å². The highest BCUT2D eigenvalue weighted by Gasteiger charge is 2.35. The van der Waals surface area contributed by atoms with E-state index in [0.29, 0.717) is 35.5 Å². The monoisotopic (exact) mass is 463 g/mol. The number of hydrogen-bond acceptors (Lipinski definition) is 5. The molecule has 2 aromatic heterocycles. The molecule has 1 aliphatic heterocycles. The summed E-state index contributed by atoms with van der Waals surface area (Å²) in [5.41, 5.74) is 3.07. The molecule has 0 radical (unpaired) electrons. The normalized spacial score (nSPS) is 13.0. The molecule has 2 aromatic carbocycles. The van der Waals surface area contributed by atoms with Gasteiger partial charge in [-0.1, -0.05) is 23.3 Å². The van der Waals surface area contributed by atoms with E-state index in [1.54, 1.807) is 12.1 Å². The number of aromatic nitrogens is 4. The van der Waals surface area contributed by atoms with E-state index in [9.17, 15) is 18.0 Å². The van der Waals surface area contributed by atoms with E-state index < -0.39 is 17.3 Å². The molecule has 0 fully saturated rings. The summed E-state index contributed by atoms with van der Waals surface area (Å²) in [6, 6.07) is 12.7. The Balaban J connectivity index is 1.81.